The summed E-state index contributed by atoms with van der Waals surface area (Å²) in [6.45, 7) is 1.94. The van der Waals surface area contributed by atoms with Crippen LogP contribution in [0.4, 0.5) is 4.39 Å². The average Bonchev–Trinajstić information content (AvgIpc) is 2.80. The zero-order valence-corrected chi connectivity index (χ0v) is 17.2. The Bertz CT molecular complexity index is 1260. The SMILES string of the molecule is CNC(=O)COCc1cnc(-c2ccc(F)c(C)c2)c(-c2ccc3nccnc3c2)c1. The van der Waals surface area contributed by atoms with Gasteiger partial charge in [-0.05, 0) is 60.0 Å². The predicted molar refractivity (Wildman–Crippen MR) is 117 cm³/mol. The topological polar surface area (TPSA) is 77.0 Å². The van der Waals surface area contributed by atoms with Crippen LogP contribution in [0.2, 0.25) is 0 Å². The molecule has 0 fully saturated rings. The molecule has 0 aliphatic rings. The first kappa shape index (κ1) is 20.6. The van der Waals surface area contributed by atoms with Gasteiger partial charge in [-0.25, -0.2) is 4.39 Å². The van der Waals surface area contributed by atoms with Crippen LogP contribution in [0.5, 0.6) is 0 Å². The standard InChI is InChI=1S/C24H21FN4O2/c1-15-9-18(3-5-20(15)25)24-19(10-16(12-29-24)13-31-14-23(30)26-2)17-4-6-21-22(11-17)28-8-7-27-21/h3-12H,13-14H2,1-2H3,(H,26,30). The summed E-state index contributed by atoms with van der Waals surface area (Å²) >= 11 is 0. The molecule has 0 aliphatic heterocycles. The smallest absolute Gasteiger partial charge is 0.245 e. The molecule has 0 saturated heterocycles. The molecule has 156 valence electrons. The monoisotopic (exact) mass is 416 g/mol. The molecule has 2 aromatic carbocycles. The second kappa shape index (κ2) is 8.97. The van der Waals surface area contributed by atoms with Crippen LogP contribution in [-0.4, -0.2) is 34.5 Å². The molecule has 0 saturated carbocycles. The molecular weight excluding hydrogens is 395 g/mol. The first-order chi connectivity index (χ1) is 15.0. The summed E-state index contributed by atoms with van der Waals surface area (Å²) in [7, 11) is 1.56. The molecule has 31 heavy (non-hydrogen) atoms. The van der Waals surface area contributed by atoms with E-state index in [1.54, 1.807) is 44.7 Å². The van der Waals surface area contributed by atoms with Gasteiger partial charge in [0, 0.05) is 36.8 Å². The number of ether oxygens (including phenoxy) is 1. The molecule has 0 unspecified atom stereocenters. The Balaban J connectivity index is 1.78. The number of aryl methyl sites for hydroxylation is 1. The Morgan fingerprint density at radius 3 is 2.55 bits per heavy atom. The quantitative estimate of drug-likeness (QED) is 0.513. The van der Waals surface area contributed by atoms with Gasteiger partial charge in [-0.2, -0.15) is 0 Å². The number of hydrogen-bond acceptors (Lipinski definition) is 5. The number of likely N-dealkylation sites (N-methyl/N-ethyl adjacent to an activating group) is 1. The third-order valence-corrected chi connectivity index (χ3v) is 4.94. The molecule has 4 aromatic rings. The largest absolute Gasteiger partial charge is 0.367 e. The highest BCUT2D eigenvalue weighted by molar-refractivity contribution is 5.87. The summed E-state index contributed by atoms with van der Waals surface area (Å²) in [5, 5.41) is 2.52. The molecule has 2 aromatic heterocycles. The van der Waals surface area contributed by atoms with Crippen LogP contribution >= 0.6 is 0 Å². The van der Waals surface area contributed by atoms with Gasteiger partial charge in [-0.15, -0.1) is 0 Å². The maximum Gasteiger partial charge on any atom is 0.245 e. The van der Waals surface area contributed by atoms with E-state index in [1.807, 2.05) is 24.3 Å². The van der Waals surface area contributed by atoms with E-state index in [0.717, 1.165) is 39.0 Å². The van der Waals surface area contributed by atoms with Crippen LogP contribution in [0.1, 0.15) is 11.1 Å². The Morgan fingerprint density at radius 2 is 1.77 bits per heavy atom. The molecule has 7 heteroatoms. The Hall–Kier alpha value is -3.71. The number of halogens is 1. The van der Waals surface area contributed by atoms with Crippen molar-refractivity contribution in [1.82, 2.24) is 20.3 Å². The summed E-state index contributed by atoms with van der Waals surface area (Å²) in [5.74, 6) is -0.454. The zero-order valence-electron chi connectivity index (χ0n) is 17.2. The minimum absolute atomic E-state index is 0.0314. The summed E-state index contributed by atoms with van der Waals surface area (Å²) in [5.41, 5.74) is 6.23. The number of benzene rings is 2. The number of carbonyl (C=O) groups is 1. The van der Waals surface area contributed by atoms with Crippen molar-refractivity contribution in [3.63, 3.8) is 0 Å². The Morgan fingerprint density at radius 1 is 1.00 bits per heavy atom. The number of carbonyl (C=O) groups excluding carboxylic acids is 1. The molecule has 0 bridgehead atoms. The molecule has 2 heterocycles. The number of aromatic nitrogens is 3. The lowest BCUT2D eigenvalue weighted by Gasteiger charge is -2.13. The van der Waals surface area contributed by atoms with E-state index in [0.29, 0.717) is 5.56 Å². The zero-order chi connectivity index (χ0) is 21.8. The molecular formula is C24H21FN4O2. The number of nitrogens with one attached hydrogen (secondary N) is 1. The summed E-state index contributed by atoms with van der Waals surface area (Å²) < 4.78 is 19.3. The second-order valence-electron chi connectivity index (χ2n) is 7.13. The fraction of sp³-hybridized carbons (Fsp3) is 0.167. The molecule has 1 amide bonds. The number of hydrogen-bond donors (Lipinski definition) is 1. The molecule has 0 radical (unpaired) electrons. The normalized spacial score (nSPS) is 10.9. The fourth-order valence-electron chi connectivity index (χ4n) is 3.29. The second-order valence-corrected chi connectivity index (χ2v) is 7.13. The fourth-order valence-corrected chi connectivity index (χ4v) is 3.29. The molecule has 1 N–H and O–H groups in total. The van der Waals surface area contributed by atoms with Crippen LogP contribution in [-0.2, 0) is 16.1 Å². The van der Waals surface area contributed by atoms with Gasteiger partial charge in [0.05, 0.1) is 23.3 Å². The van der Waals surface area contributed by atoms with Crippen LogP contribution in [0.25, 0.3) is 33.4 Å². The lowest BCUT2D eigenvalue weighted by molar-refractivity contribution is -0.125. The van der Waals surface area contributed by atoms with Gasteiger partial charge in [0.25, 0.3) is 0 Å². The van der Waals surface area contributed by atoms with E-state index < -0.39 is 0 Å². The van der Waals surface area contributed by atoms with Crippen LogP contribution < -0.4 is 5.32 Å². The molecule has 0 spiro atoms. The lowest BCUT2D eigenvalue weighted by Crippen LogP contribution is -2.23. The number of pyridine rings is 1. The third-order valence-electron chi connectivity index (χ3n) is 4.94. The van der Waals surface area contributed by atoms with Gasteiger partial charge in [0.15, 0.2) is 0 Å². The van der Waals surface area contributed by atoms with Crippen molar-refractivity contribution in [2.45, 2.75) is 13.5 Å². The maximum absolute atomic E-state index is 13.8. The molecule has 4 rings (SSSR count). The van der Waals surface area contributed by atoms with E-state index in [-0.39, 0.29) is 24.9 Å². The summed E-state index contributed by atoms with van der Waals surface area (Å²) in [6.07, 6.45) is 5.01. The minimum atomic E-state index is -0.259. The van der Waals surface area contributed by atoms with E-state index in [1.165, 1.54) is 6.07 Å². The highest BCUT2D eigenvalue weighted by atomic mass is 19.1. The van der Waals surface area contributed by atoms with Gasteiger partial charge in [0.1, 0.15) is 12.4 Å². The van der Waals surface area contributed by atoms with E-state index in [2.05, 4.69) is 20.3 Å². The average molecular weight is 416 g/mol. The van der Waals surface area contributed by atoms with Gasteiger partial charge in [0.2, 0.25) is 5.91 Å². The molecule has 0 aliphatic carbocycles. The van der Waals surface area contributed by atoms with Crippen molar-refractivity contribution in [1.29, 1.82) is 0 Å². The number of fused-ring (bicyclic) bond motifs is 1. The van der Waals surface area contributed by atoms with Crippen molar-refractivity contribution in [3.8, 4) is 22.4 Å². The first-order valence-electron chi connectivity index (χ1n) is 9.80. The highest BCUT2D eigenvalue weighted by Gasteiger charge is 2.13. The summed E-state index contributed by atoms with van der Waals surface area (Å²) in [4.78, 5) is 24.8. The Labute approximate surface area is 179 Å². The van der Waals surface area contributed by atoms with Crippen molar-refractivity contribution >= 4 is 16.9 Å². The van der Waals surface area contributed by atoms with E-state index in [4.69, 9.17) is 4.74 Å². The maximum atomic E-state index is 13.8. The van der Waals surface area contributed by atoms with Gasteiger partial charge in [-0.3, -0.25) is 19.7 Å². The minimum Gasteiger partial charge on any atom is -0.367 e. The predicted octanol–water partition coefficient (Wildman–Crippen LogP) is 4.07. The molecule has 6 nitrogen and oxygen atoms in total. The van der Waals surface area contributed by atoms with Crippen molar-refractivity contribution in [2.24, 2.45) is 0 Å². The van der Waals surface area contributed by atoms with Crippen LogP contribution in [0.3, 0.4) is 0 Å². The van der Waals surface area contributed by atoms with E-state index >= 15 is 0 Å². The molecule has 0 atom stereocenters. The van der Waals surface area contributed by atoms with Gasteiger partial charge >= 0.3 is 0 Å². The van der Waals surface area contributed by atoms with Crippen LogP contribution in [0.15, 0.2) is 61.1 Å². The number of nitrogens with zero attached hydrogens (tertiary/aromatic N) is 3. The van der Waals surface area contributed by atoms with E-state index in [9.17, 15) is 9.18 Å². The van der Waals surface area contributed by atoms with Gasteiger partial charge in [-0.1, -0.05) is 6.07 Å². The van der Waals surface area contributed by atoms with Crippen molar-refractivity contribution in [2.75, 3.05) is 13.7 Å². The Kier molecular flexibility index (Phi) is 5.95. The summed E-state index contributed by atoms with van der Waals surface area (Å²) in [6, 6.07) is 12.7. The first-order valence-corrected chi connectivity index (χ1v) is 9.80. The third kappa shape index (κ3) is 4.57. The number of amides is 1. The lowest BCUT2D eigenvalue weighted by atomic mass is 9.96. The van der Waals surface area contributed by atoms with Gasteiger partial charge < -0.3 is 10.1 Å². The highest BCUT2D eigenvalue weighted by Crippen LogP contribution is 2.33. The van der Waals surface area contributed by atoms with Crippen LogP contribution in [0, 0.1) is 12.7 Å². The van der Waals surface area contributed by atoms with Crippen molar-refractivity contribution < 1.29 is 13.9 Å². The van der Waals surface area contributed by atoms with Crippen molar-refractivity contribution in [3.05, 3.63) is 78.0 Å². The number of rotatable bonds is 6.